The molecule has 3 heterocycles. The maximum atomic E-state index is 13.8. The lowest BCUT2D eigenvalue weighted by Gasteiger charge is -2.11. The molecule has 236 valence electrons. The van der Waals surface area contributed by atoms with Crippen molar-refractivity contribution in [3.05, 3.63) is 93.3 Å². The summed E-state index contributed by atoms with van der Waals surface area (Å²) >= 11 is 1.27. The highest BCUT2D eigenvalue weighted by Crippen LogP contribution is 2.39. The number of carboxylic acid groups (broad SMARTS) is 1. The zero-order chi connectivity index (χ0) is 32.7. The molecule has 5 rings (SSSR count). The summed E-state index contributed by atoms with van der Waals surface area (Å²) in [6, 6.07) is 19.0. The van der Waals surface area contributed by atoms with E-state index in [0.717, 1.165) is 26.9 Å². The number of ether oxygens (including phenoxy) is 3. The average Bonchev–Trinajstić information content (AvgIpc) is 3.43. The van der Waals surface area contributed by atoms with Crippen molar-refractivity contribution in [2.75, 3.05) is 27.9 Å². The van der Waals surface area contributed by atoms with Gasteiger partial charge >= 0.3 is 12.1 Å². The molecule has 0 aliphatic carbocycles. The molecule has 45 heavy (non-hydrogen) atoms. The summed E-state index contributed by atoms with van der Waals surface area (Å²) < 4.78 is 50.5. The zero-order valence-electron chi connectivity index (χ0n) is 24.3. The maximum Gasteiger partial charge on any atom is 0.490 e. The van der Waals surface area contributed by atoms with E-state index in [1.807, 2.05) is 60.7 Å². The molecule has 0 saturated heterocycles. The number of hydrogen-bond acceptors (Lipinski definition) is 8. The fourth-order valence-corrected chi connectivity index (χ4v) is 5.75. The minimum absolute atomic E-state index is 0.221. The quantitative estimate of drug-likeness (QED) is 0.222. The first kappa shape index (κ1) is 32.8. The maximum absolute atomic E-state index is 13.8. The number of alkyl halides is 3. The first-order valence-corrected chi connectivity index (χ1v) is 14.1. The van der Waals surface area contributed by atoms with Crippen molar-refractivity contribution < 1.29 is 42.1 Å². The van der Waals surface area contributed by atoms with Crippen LogP contribution in [-0.2, 0) is 17.8 Å². The van der Waals surface area contributed by atoms with E-state index >= 15 is 0 Å². The van der Waals surface area contributed by atoms with Crippen LogP contribution < -0.4 is 25.1 Å². The summed E-state index contributed by atoms with van der Waals surface area (Å²) in [6.07, 6.45) is -2.78. The van der Waals surface area contributed by atoms with Gasteiger partial charge in [-0.15, -0.1) is 11.3 Å². The van der Waals surface area contributed by atoms with Crippen molar-refractivity contribution in [1.29, 1.82) is 0 Å². The highest BCUT2D eigenvalue weighted by Gasteiger charge is 2.38. The third-order valence-corrected chi connectivity index (χ3v) is 7.81. The summed E-state index contributed by atoms with van der Waals surface area (Å²) in [5.41, 5.74) is 2.32. The fraction of sp³-hybridized carbons (Fsp3) is 0.226. The lowest BCUT2D eigenvalue weighted by molar-refractivity contribution is -0.192. The largest absolute Gasteiger partial charge is 0.494 e. The van der Waals surface area contributed by atoms with Crippen LogP contribution in [0.5, 0.6) is 17.2 Å². The molecule has 0 aliphatic heterocycles. The van der Waals surface area contributed by atoms with E-state index in [4.69, 9.17) is 24.1 Å². The molecule has 2 N–H and O–H groups in total. The van der Waals surface area contributed by atoms with Crippen LogP contribution in [0.1, 0.15) is 20.9 Å². The summed E-state index contributed by atoms with van der Waals surface area (Å²) in [5.74, 6) is -1.47. The van der Waals surface area contributed by atoms with Crippen molar-refractivity contribution in [1.82, 2.24) is 14.9 Å². The number of carboxylic acids is 1. The first-order valence-electron chi connectivity index (χ1n) is 13.3. The highest BCUT2D eigenvalue weighted by atomic mass is 32.1. The molecule has 14 heteroatoms. The van der Waals surface area contributed by atoms with Crippen LogP contribution in [0.4, 0.5) is 13.2 Å². The Morgan fingerprint density at radius 1 is 0.978 bits per heavy atom. The standard InChI is InChI=1S/C29H27N3O5S.C2HF3O2/c1-35-22-12-11-18(16-23(22)36-2)13-15-31-28(33)27-25(37-3)24-26(38-27)20-9-4-5-10-21(20)32(29(24)34)17-19-8-6-7-14-30-19;3-2(4,5)1(6)7/h4-12,14,16H,13,15,17H2,1-3H3,(H,31,33);(H,6,7). The lowest BCUT2D eigenvalue weighted by Crippen LogP contribution is -2.25. The molecular formula is C31H28F3N3O7S. The Hall–Kier alpha value is -5.11. The number of aliphatic carboxylic acids is 1. The van der Waals surface area contributed by atoms with E-state index in [0.29, 0.717) is 47.0 Å². The van der Waals surface area contributed by atoms with Crippen LogP contribution in [0.2, 0.25) is 0 Å². The second-order valence-corrected chi connectivity index (χ2v) is 10.4. The van der Waals surface area contributed by atoms with Crippen LogP contribution in [0.25, 0.3) is 21.0 Å². The van der Waals surface area contributed by atoms with E-state index in [1.165, 1.54) is 18.4 Å². The van der Waals surface area contributed by atoms with Crippen molar-refractivity contribution >= 4 is 44.2 Å². The van der Waals surface area contributed by atoms with Gasteiger partial charge < -0.3 is 29.2 Å². The molecule has 0 atom stereocenters. The third-order valence-electron chi connectivity index (χ3n) is 6.61. The molecule has 0 spiro atoms. The first-order chi connectivity index (χ1) is 21.5. The van der Waals surface area contributed by atoms with Gasteiger partial charge in [0.1, 0.15) is 10.3 Å². The number of aromatic nitrogens is 2. The molecular weight excluding hydrogens is 615 g/mol. The Balaban J connectivity index is 0.000000591. The van der Waals surface area contributed by atoms with Crippen LogP contribution in [0.15, 0.2) is 71.7 Å². The van der Waals surface area contributed by atoms with Gasteiger partial charge in [0.25, 0.3) is 11.5 Å². The predicted molar refractivity (Wildman–Crippen MR) is 163 cm³/mol. The average molecular weight is 644 g/mol. The van der Waals surface area contributed by atoms with Gasteiger partial charge in [-0.3, -0.25) is 14.6 Å². The summed E-state index contributed by atoms with van der Waals surface area (Å²) in [6.45, 7) is 0.707. The van der Waals surface area contributed by atoms with Crippen molar-refractivity contribution in [3.63, 3.8) is 0 Å². The molecule has 0 aliphatic rings. The van der Waals surface area contributed by atoms with Crippen LogP contribution in [-0.4, -0.2) is 60.6 Å². The number of benzene rings is 2. The normalized spacial score (nSPS) is 11.1. The van der Waals surface area contributed by atoms with E-state index in [9.17, 15) is 22.8 Å². The monoisotopic (exact) mass is 643 g/mol. The molecule has 10 nitrogen and oxygen atoms in total. The Morgan fingerprint density at radius 3 is 2.29 bits per heavy atom. The smallest absolute Gasteiger partial charge is 0.490 e. The topological polar surface area (TPSA) is 129 Å². The molecule has 0 fully saturated rings. The number of nitrogens with zero attached hydrogens (tertiary/aromatic N) is 2. The molecule has 3 aromatic heterocycles. The minimum Gasteiger partial charge on any atom is -0.494 e. The van der Waals surface area contributed by atoms with Gasteiger partial charge in [0.2, 0.25) is 0 Å². The number of nitrogens with one attached hydrogen (secondary N) is 1. The Kier molecular flexibility index (Phi) is 10.3. The van der Waals surface area contributed by atoms with Gasteiger partial charge in [0, 0.05) is 18.1 Å². The number of rotatable bonds is 9. The van der Waals surface area contributed by atoms with Gasteiger partial charge in [-0.05, 0) is 42.3 Å². The van der Waals surface area contributed by atoms with E-state index in [1.54, 1.807) is 25.0 Å². The molecule has 2 aromatic carbocycles. The number of fused-ring (bicyclic) bond motifs is 3. The fourth-order valence-electron chi connectivity index (χ4n) is 4.54. The van der Waals surface area contributed by atoms with Gasteiger partial charge in [-0.25, -0.2) is 4.79 Å². The number of amides is 1. The number of para-hydroxylation sites is 1. The van der Waals surface area contributed by atoms with E-state index in [-0.39, 0.29) is 11.5 Å². The van der Waals surface area contributed by atoms with E-state index < -0.39 is 12.1 Å². The number of thiophene rings is 1. The number of hydrogen-bond donors (Lipinski definition) is 2. The Bertz CT molecular complexity index is 1890. The number of pyridine rings is 2. The van der Waals surface area contributed by atoms with Crippen LogP contribution in [0, 0.1) is 0 Å². The lowest BCUT2D eigenvalue weighted by atomic mass is 10.1. The van der Waals surface area contributed by atoms with Gasteiger partial charge in [-0.2, -0.15) is 13.2 Å². The third kappa shape index (κ3) is 7.34. The summed E-state index contributed by atoms with van der Waals surface area (Å²) in [5, 5.41) is 11.4. The van der Waals surface area contributed by atoms with E-state index in [2.05, 4.69) is 10.3 Å². The second-order valence-electron chi connectivity index (χ2n) is 9.40. The number of methoxy groups -OCH3 is 3. The zero-order valence-corrected chi connectivity index (χ0v) is 25.1. The second kappa shape index (κ2) is 14.1. The summed E-state index contributed by atoms with van der Waals surface area (Å²) in [7, 11) is 4.66. The molecule has 0 bridgehead atoms. The SMILES string of the molecule is COc1ccc(CCNC(=O)c2sc3c(c2OC)c(=O)n(Cc2ccccn2)c2ccccc32)cc1OC.O=C(O)C(F)(F)F. The van der Waals surface area contributed by atoms with Crippen LogP contribution >= 0.6 is 11.3 Å². The van der Waals surface area contributed by atoms with Gasteiger partial charge in [0.05, 0.1) is 43.8 Å². The predicted octanol–water partition coefficient (Wildman–Crippen LogP) is 5.29. The molecule has 0 saturated carbocycles. The molecule has 0 unspecified atom stereocenters. The molecule has 0 radical (unpaired) electrons. The Labute approximate surface area is 258 Å². The Morgan fingerprint density at radius 2 is 1.67 bits per heavy atom. The van der Waals surface area contributed by atoms with Gasteiger partial charge in [0.15, 0.2) is 17.2 Å². The summed E-state index contributed by atoms with van der Waals surface area (Å²) in [4.78, 5) is 40.7. The van der Waals surface area contributed by atoms with Gasteiger partial charge in [-0.1, -0.05) is 30.3 Å². The molecule has 5 aromatic rings. The number of carbonyl (C=O) groups is 2. The van der Waals surface area contributed by atoms with Crippen molar-refractivity contribution in [3.8, 4) is 17.2 Å². The van der Waals surface area contributed by atoms with Crippen LogP contribution in [0.3, 0.4) is 0 Å². The highest BCUT2D eigenvalue weighted by molar-refractivity contribution is 7.22. The minimum atomic E-state index is -5.08. The van der Waals surface area contributed by atoms with Crippen molar-refractivity contribution in [2.45, 2.75) is 19.1 Å². The number of halogens is 3. The number of carbonyl (C=O) groups excluding carboxylic acids is 1. The molecule has 1 amide bonds. The van der Waals surface area contributed by atoms with Crippen molar-refractivity contribution in [2.24, 2.45) is 0 Å².